The van der Waals surface area contributed by atoms with Crippen LogP contribution in [0.25, 0.3) is 0 Å². The van der Waals surface area contributed by atoms with E-state index in [-0.39, 0.29) is 9.77 Å². The predicted molar refractivity (Wildman–Crippen MR) is 72.8 cm³/mol. The van der Waals surface area contributed by atoms with E-state index in [2.05, 4.69) is 4.74 Å². The molecule has 112 valence electrons. The summed E-state index contributed by atoms with van der Waals surface area (Å²) in [5, 5.41) is 1.38. The first kappa shape index (κ1) is 15.4. The lowest BCUT2D eigenvalue weighted by molar-refractivity contribution is 0.0602. The van der Waals surface area contributed by atoms with Crippen LogP contribution >= 0.6 is 11.3 Å². The number of halogens is 2. The Labute approximate surface area is 123 Å². The second-order valence-corrected chi connectivity index (χ2v) is 6.40. The summed E-state index contributed by atoms with van der Waals surface area (Å²) in [7, 11) is -3.13. The smallest absolute Gasteiger partial charge is 0.349 e. The zero-order valence-electron chi connectivity index (χ0n) is 10.6. The van der Waals surface area contributed by atoms with Gasteiger partial charge in [0.1, 0.15) is 21.4 Å². The number of esters is 1. The van der Waals surface area contributed by atoms with E-state index in [0.717, 1.165) is 30.6 Å². The Bertz CT molecular complexity index is 786. The maximum Gasteiger partial charge on any atom is 0.349 e. The molecule has 2 rings (SSSR count). The highest BCUT2D eigenvalue weighted by molar-refractivity contribution is 7.93. The number of carbonyl (C=O) groups excluding carboxylic acids is 1. The van der Waals surface area contributed by atoms with Crippen molar-refractivity contribution in [1.82, 2.24) is 0 Å². The van der Waals surface area contributed by atoms with Crippen LogP contribution in [0.3, 0.4) is 0 Å². The van der Waals surface area contributed by atoms with Crippen molar-refractivity contribution < 1.29 is 26.7 Å². The number of benzene rings is 1. The van der Waals surface area contributed by atoms with Gasteiger partial charge in [-0.2, -0.15) is 0 Å². The molecule has 0 amide bonds. The van der Waals surface area contributed by atoms with Crippen LogP contribution in [0.1, 0.15) is 9.67 Å². The molecule has 9 heteroatoms. The molecule has 0 saturated carbocycles. The number of sulfonamides is 1. The van der Waals surface area contributed by atoms with Crippen LogP contribution in [0, 0.1) is 11.6 Å². The first-order valence-electron chi connectivity index (χ1n) is 5.49. The van der Waals surface area contributed by atoms with E-state index in [0.29, 0.717) is 6.07 Å². The number of thiophene rings is 1. The molecule has 5 nitrogen and oxygen atoms in total. The second kappa shape index (κ2) is 5.78. The maximum absolute atomic E-state index is 13.5. The molecule has 1 aromatic heterocycles. The molecule has 0 aliphatic rings. The van der Waals surface area contributed by atoms with Crippen LogP contribution in [0.15, 0.2) is 34.5 Å². The van der Waals surface area contributed by atoms with Gasteiger partial charge in [0.2, 0.25) is 0 Å². The third-order valence-electron chi connectivity index (χ3n) is 2.46. The molecule has 0 spiro atoms. The lowest BCUT2D eigenvalue weighted by atomic mass is 10.3. The quantitative estimate of drug-likeness (QED) is 0.873. The van der Waals surface area contributed by atoms with Crippen molar-refractivity contribution in [3.8, 4) is 0 Å². The average molecular weight is 333 g/mol. The van der Waals surface area contributed by atoms with E-state index in [4.69, 9.17) is 0 Å². The van der Waals surface area contributed by atoms with E-state index in [9.17, 15) is 22.0 Å². The predicted octanol–water partition coefficient (Wildman–Crippen LogP) is 2.61. The number of anilines is 1. The van der Waals surface area contributed by atoms with Crippen molar-refractivity contribution in [2.24, 2.45) is 0 Å². The first-order valence-corrected chi connectivity index (χ1v) is 7.85. The van der Waals surface area contributed by atoms with Gasteiger partial charge >= 0.3 is 5.97 Å². The van der Waals surface area contributed by atoms with E-state index < -0.39 is 33.3 Å². The molecule has 0 saturated heterocycles. The summed E-state index contributed by atoms with van der Waals surface area (Å²) in [5.41, 5.74) is -0.544. The van der Waals surface area contributed by atoms with Gasteiger partial charge < -0.3 is 4.74 Å². The van der Waals surface area contributed by atoms with Gasteiger partial charge in [-0.15, -0.1) is 11.3 Å². The molecule has 0 aliphatic carbocycles. The molecule has 0 unspecified atom stereocenters. The number of ether oxygens (including phenoxy) is 1. The van der Waals surface area contributed by atoms with Gasteiger partial charge in [0, 0.05) is 6.07 Å². The Morgan fingerprint density at radius 3 is 2.67 bits per heavy atom. The van der Waals surface area contributed by atoms with Gasteiger partial charge in [-0.05, 0) is 23.6 Å². The molecule has 1 N–H and O–H groups in total. The zero-order valence-corrected chi connectivity index (χ0v) is 12.2. The van der Waals surface area contributed by atoms with Gasteiger partial charge in [0.05, 0.1) is 12.8 Å². The number of hydrogen-bond acceptors (Lipinski definition) is 5. The fraction of sp³-hybridized carbons (Fsp3) is 0.0833. The fourth-order valence-electron chi connectivity index (χ4n) is 1.53. The SMILES string of the molecule is COC(=O)c1sccc1S(=O)(=O)Nc1cc(F)ccc1F. The van der Waals surface area contributed by atoms with Gasteiger partial charge in [-0.1, -0.05) is 0 Å². The summed E-state index contributed by atoms with van der Waals surface area (Å²) in [5.74, 6) is -2.56. The largest absolute Gasteiger partial charge is 0.465 e. The summed E-state index contributed by atoms with van der Waals surface area (Å²) >= 11 is 0.865. The van der Waals surface area contributed by atoms with Crippen molar-refractivity contribution in [2.45, 2.75) is 4.90 Å². The number of carbonyl (C=O) groups is 1. The molecule has 0 radical (unpaired) electrons. The highest BCUT2D eigenvalue weighted by Crippen LogP contribution is 2.26. The highest BCUT2D eigenvalue weighted by Gasteiger charge is 2.25. The van der Waals surface area contributed by atoms with Crippen molar-refractivity contribution in [1.29, 1.82) is 0 Å². The highest BCUT2D eigenvalue weighted by atomic mass is 32.2. The first-order chi connectivity index (χ1) is 9.85. The molecule has 21 heavy (non-hydrogen) atoms. The van der Waals surface area contributed by atoms with Gasteiger partial charge in [0.25, 0.3) is 10.0 Å². The summed E-state index contributed by atoms with van der Waals surface area (Å²) < 4.78 is 57.2. The van der Waals surface area contributed by atoms with Gasteiger partial charge in [-0.25, -0.2) is 22.0 Å². The molecule has 2 aromatic rings. The minimum atomic E-state index is -4.24. The Kier molecular flexibility index (Phi) is 4.24. The Morgan fingerprint density at radius 2 is 2.00 bits per heavy atom. The van der Waals surface area contributed by atoms with Crippen LogP contribution in [-0.4, -0.2) is 21.5 Å². The number of hydrogen-bond donors (Lipinski definition) is 1. The van der Waals surface area contributed by atoms with E-state index in [1.54, 1.807) is 0 Å². The molecule has 1 aromatic carbocycles. The van der Waals surface area contributed by atoms with E-state index >= 15 is 0 Å². The molecule has 0 atom stereocenters. The van der Waals surface area contributed by atoms with Crippen LogP contribution in [0.4, 0.5) is 14.5 Å². The van der Waals surface area contributed by atoms with Gasteiger partial charge in [-0.3, -0.25) is 4.72 Å². The molecular weight excluding hydrogens is 324 g/mol. The summed E-state index contributed by atoms with van der Waals surface area (Å²) in [6, 6.07) is 3.53. The lowest BCUT2D eigenvalue weighted by Crippen LogP contribution is -2.16. The topological polar surface area (TPSA) is 72.5 Å². The molecule has 1 heterocycles. The molecular formula is C12H9F2NO4S2. The number of nitrogens with one attached hydrogen (secondary N) is 1. The van der Waals surface area contributed by atoms with Gasteiger partial charge in [0.15, 0.2) is 0 Å². The third kappa shape index (κ3) is 3.19. The number of rotatable bonds is 4. The minimum Gasteiger partial charge on any atom is -0.465 e. The molecule has 0 aliphatic heterocycles. The van der Waals surface area contributed by atoms with Crippen molar-refractivity contribution in [3.63, 3.8) is 0 Å². The van der Waals surface area contributed by atoms with Crippen molar-refractivity contribution in [2.75, 3.05) is 11.8 Å². The maximum atomic E-state index is 13.5. The van der Waals surface area contributed by atoms with Crippen LogP contribution in [0.5, 0.6) is 0 Å². The Hall–Kier alpha value is -2.00. The van der Waals surface area contributed by atoms with E-state index in [1.807, 2.05) is 4.72 Å². The standard InChI is InChI=1S/C12H9F2NO4S2/c1-19-12(16)11-10(4-5-20-11)21(17,18)15-9-6-7(13)2-3-8(9)14/h2-6,15H,1H3. The summed E-state index contributed by atoms with van der Waals surface area (Å²) in [6.45, 7) is 0. The summed E-state index contributed by atoms with van der Waals surface area (Å²) in [4.78, 5) is 11.0. The lowest BCUT2D eigenvalue weighted by Gasteiger charge is -2.09. The van der Waals surface area contributed by atoms with Crippen molar-refractivity contribution >= 4 is 33.0 Å². The van der Waals surface area contributed by atoms with Crippen LogP contribution in [-0.2, 0) is 14.8 Å². The zero-order chi connectivity index (χ0) is 15.6. The normalized spacial score (nSPS) is 11.2. The summed E-state index contributed by atoms with van der Waals surface area (Å²) in [6.07, 6.45) is 0. The van der Waals surface area contributed by atoms with Crippen LogP contribution in [0.2, 0.25) is 0 Å². The minimum absolute atomic E-state index is 0.151. The molecule has 0 fully saturated rings. The number of methoxy groups -OCH3 is 1. The van der Waals surface area contributed by atoms with Crippen LogP contribution < -0.4 is 4.72 Å². The average Bonchev–Trinajstić information content (AvgIpc) is 2.92. The molecule has 0 bridgehead atoms. The Morgan fingerprint density at radius 1 is 1.29 bits per heavy atom. The third-order valence-corrected chi connectivity index (χ3v) is 4.89. The fourth-order valence-corrected chi connectivity index (χ4v) is 3.92. The van der Waals surface area contributed by atoms with Crippen molar-refractivity contribution in [3.05, 3.63) is 46.2 Å². The Balaban J connectivity index is 2.42. The monoisotopic (exact) mass is 333 g/mol. The second-order valence-electron chi connectivity index (χ2n) is 3.84. The van der Waals surface area contributed by atoms with E-state index in [1.165, 1.54) is 11.4 Å².